The molecule has 0 fully saturated rings. The third-order valence-electron chi connectivity index (χ3n) is 8.78. The molecule has 0 aliphatic carbocycles. The normalized spacial score (nSPS) is 11.1. The number of pyridine rings is 2. The number of aromatic nitrogens is 8. The van der Waals surface area contributed by atoms with Crippen molar-refractivity contribution in [2.24, 2.45) is 0 Å². The highest BCUT2D eigenvalue weighted by Gasteiger charge is 2.09. The summed E-state index contributed by atoms with van der Waals surface area (Å²) in [5, 5.41) is 6.76. The minimum atomic E-state index is 0.595. The van der Waals surface area contributed by atoms with Crippen LogP contribution in [0.5, 0.6) is 17.2 Å². The SMILES string of the molecule is Brc1cnc2nc(-c3ccc(OCCNCCCn4ccnc4)cc3)[nH]c2c1.COc1ccc(CNCCOc2ccc(-c3nc4ncc(Br)cc4[nH]3)cc2)cc1. The van der Waals surface area contributed by atoms with Gasteiger partial charge in [-0.05, 0) is 123 Å². The number of imidazole rings is 3. The minimum absolute atomic E-state index is 0.595. The second kappa shape index (κ2) is 20.0. The van der Waals surface area contributed by atoms with Crippen LogP contribution >= 0.6 is 31.9 Å². The molecule has 0 unspecified atom stereocenters. The molecule has 5 heterocycles. The van der Waals surface area contributed by atoms with Gasteiger partial charge in [0.15, 0.2) is 11.3 Å². The summed E-state index contributed by atoms with van der Waals surface area (Å²) in [6, 6.07) is 27.8. The van der Waals surface area contributed by atoms with Crippen molar-refractivity contribution in [2.75, 3.05) is 40.0 Å². The van der Waals surface area contributed by atoms with Gasteiger partial charge in [0.1, 0.15) is 42.1 Å². The second-order valence-electron chi connectivity index (χ2n) is 12.9. The van der Waals surface area contributed by atoms with E-state index in [4.69, 9.17) is 14.2 Å². The molecule has 8 rings (SSSR count). The summed E-state index contributed by atoms with van der Waals surface area (Å²) < 4.78 is 20.7. The number of nitrogens with zero attached hydrogens (tertiary/aromatic N) is 6. The van der Waals surface area contributed by atoms with Crippen LogP contribution in [0.25, 0.3) is 45.1 Å². The predicted octanol–water partition coefficient (Wildman–Crippen LogP) is 8.21. The molecular formula is C42H42Br2N10O3. The number of ether oxygens (including phenoxy) is 3. The quantitative estimate of drug-likeness (QED) is 0.0659. The average Bonchev–Trinajstić information content (AvgIpc) is 4.02. The van der Waals surface area contributed by atoms with Crippen LogP contribution in [0.3, 0.4) is 0 Å². The van der Waals surface area contributed by atoms with Gasteiger partial charge in [0.05, 0.1) is 24.5 Å². The van der Waals surface area contributed by atoms with Crippen molar-refractivity contribution in [3.63, 3.8) is 0 Å². The molecule has 0 bridgehead atoms. The number of aryl methyl sites for hydroxylation is 1. The Morgan fingerprint density at radius 1 is 0.667 bits per heavy atom. The van der Waals surface area contributed by atoms with Gasteiger partial charge in [0, 0.05) is 71.0 Å². The van der Waals surface area contributed by atoms with E-state index in [0.29, 0.717) is 24.5 Å². The summed E-state index contributed by atoms with van der Waals surface area (Å²) >= 11 is 6.85. The molecule has 0 aliphatic rings. The molecular weight excluding hydrogens is 852 g/mol. The van der Waals surface area contributed by atoms with Gasteiger partial charge in [-0.3, -0.25) is 0 Å². The molecule has 13 nitrogen and oxygen atoms in total. The Morgan fingerprint density at radius 2 is 1.21 bits per heavy atom. The van der Waals surface area contributed by atoms with E-state index in [0.717, 1.165) is 99.1 Å². The molecule has 0 spiro atoms. The van der Waals surface area contributed by atoms with Gasteiger partial charge < -0.3 is 39.4 Å². The molecule has 3 aromatic carbocycles. The summed E-state index contributed by atoms with van der Waals surface area (Å²) in [5.41, 5.74) is 6.41. The van der Waals surface area contributed by atoms with Crippen LogP contribution in [0.1, 0.15) is 12.0 Å². The monoisotopic (exact) mass is 892 g/mol. The van der Waals surface area contributed by atoms with E-state index in [9.17, 15) is 0 Å². The maximum atomic E-state index is 5.81. The smallest absolute Gasteiger partial charge is 0.178 e. The number of rotatable bonds is 17. The first-order valence-corrected chi connectivity index (χ1v) is 20.1. The number of nitrogens with one attached hydrogen (secondary N) is 4. The van der Waals surface area contributed by atoms with Crippen molar-refractivity contribution in [1.82, 2.24) is 50.1 Å². The molecule has 57 heavy (non-hydrogen) atoms. The highest BCUT2D eigenvalue weighted by atomic mass is 79.9. The number of hydrogen-bond acceptors (Lipinski definition) is 10. The van der Waals surface area contributed by atoms with Crippen LogP contribution in [0.4, 0.5) is 0 Å². The van der Waals surface area contributed by atoms with Gasteiger partial charge in [0.2, 0.25) is 0 Å². The second-order valence-corrected chi connectivity index (χ2v) is 14.7. The van der Waals surface area contributed by atoms with Crippen LogP contribution in [0, 0.1) is 0 Å². The molecule has 0 saturated carbocycles. The molecule has 0 atom stereocenters. The Labute approximate surface area is 346 Å². The van der Waals surface area contributed by atoms with Crippen molar-refractivity contribution in [3.05, 3.63) is 131 Å². The predicted molar refractivity (Wildman–Crippen MR) is 229 cm³/mol. The Kier molecular flexibility index (Phi) is 13.9. The minimum Gasteiger partial charge on any atom is -0.497 e. The summed E-state index contributed by atoms with van der Waals surface area (Å²) in [6.07, 6.45) is 10.2. The Balaban J connectivity index is 0.000000174. The number of methoxy groups -OCH3 is 1. The van der Waals surface area contributed by atoms with E-state index in [1.165, 1.54) is 5.56 Å². The Hall–Kier alpha value is -5.61. The molecule has 15 heteroatoms. The van der Waals surface area contributed by atoms with Crippen LogP contribution in [-0.2, 0) is 13.1 Å². The van der Waals surface area contributed by atoms with Crippen molar-refractivity contribution in [3.8, 4) is 40.0 Å². The molecule has 292 valence electrons. The van der Waals surface area contributed by atoms with E-state index in [-0.39, 0.29) is 0 Å². The van der Waals surface area contributed by atoms with Gasteiger partial charge in [-0.1, -0.05) is 12.1 Å². The van der Waals surface area contributed by atoms with Gasteiger partial charge in [-0.2, -0.15) is 0 Å². The van der Waals surface area contributed by atoms with Crippen LogP contribution in [0.15, 0.2) is 125 Å². The van der Waals surface area contributed by atoms with Gasteiger partial charge >= 0.3 is 0 Å². The lowest BCUT2D eigenvalue weighted by Crippen LogP contribution is -2.22. The fourth-order valence-electron chi connectivity index (χ4n) is 5.83. The first-order valence-electron chi connectivity index (χ1n) is 18.5. The summed E-state index contributed by atoms with van der Waals surface area (Å²) in [4.78, 5) is 28.3. The maximum Gasteiger partial charge on any atom is 0.178 e. The molecule has 0 aliphatic heterocycles. The molecule has 8 aromatic rings. The topological polar surface area (TPSA) is 153 Å². The first-order chi connectivity index (χ1) is 28.0. The Bertz CT molecular complexity index is 2440. The zero-order valence-electron chi connectivity index (χ0n) is 31.3. The molecule has 0 amide bonds. The van der Waals surface area contributed by atoms with Gasteiger partial charge in [0.25, 0.3) is 0 Å². The van der Waals surface area contributed by atoms with E-state index in [1.807, 2.05) is 85.3 Å². The number of aromatic amines is 2. The molecule has 0 radical (unpaired) electrons. The van der Waals surface area contributed by atoms with Crippen LogP contribution in [-0.4, -0.2) is 79.4 Å². The highest BCUT2D eigenvalue weighted by molar-refractivity contribution is 9.10. The van der Waals surface area contributed by atoms with Crippen molar-refractivity contribution in [1.29, 1.82) is 0 Å². The summed E-state index contributed by atoms with van der Waals surface area (Å²) in [5.74, 6) is 4.13. The Morgan fingerprint density at radius 3 is 1.74 bits per heavy atom. The van der Waals surface area contributed by atoms with E-state index >= 15 is 0 Å². The molecule has 4 N–H and O–H groups in total. The number of benzene rings is 3. The van der Waals surface area contributed by atoms with Crippen LogP contribution < -0.4 is 24.8 Å². The van der Waals surface area contributed by atoms with Gasteiger partial charge in [-0.15, -0.1) is 0 Å². The third-order valence-corrected chi connectivity index (χ3v) is 9.64. The van der Waals surface area contributed by atoms with E-state index in [2.05, 4.69) is 94.1 Å². The van der Waals surface area contributed by atoms with Crippen molar-refractivity contribution in [2.45, 2.75) is 19.5 Å². The largest absolute Gasteiger partial charge is 0.497 e. The lowest BCUT2D eigenvalue weighted by molar-refractivity contribution is 0.313. The summed E-state index contributed by atoms with van der Waals surface area (Å²) in [6.45, 7) is 5.53. The van der Waals surface area contributed by atoms with Crippen molar-refractivity contribution >= 4 is 54.2 Å². The molecule has 0 saturated heterocycles. The number of fused-ring (bicyclic) bond motifs is 2. The first kappa shape index (κ1) is 39.6. The lowest BCUT2D eigenvalue weighted by atomic mass is 10.2. The fourth-order valence-corrected chi connectivity index (χ4v) is 6.49. The fraction of sp³-hybridized carbons (Fsp3) is 0.214. The standard InChI is InChI=1S/C22H21BrN4O2.C20H21BrN6O/c1-28-18-6-2-15(3-7-18)13-24-10-11-29-19-8-4-16(5-9-19)21-26-20-12-17(23)14-25-22(20)27-21;21-16-12-18-20(24-13-16)26-19(25-18)15-2-4-17(5-3-15)28-11-8-22-6-1-9-27-10-7-23-14-27/h2-9,12,14,24H,10-11,13H2,1H3,(H,25,26,27);2-5,7,10,12-14,22H,1,6,8-9,11H2,(H,24,25,26). The van der Waals surface area contributed by atoms with E-state index in [1.54, 1.807) is 25.7 Å². The average molecular weight is 895 g/mol. The lowest BCUT2D eigenvalue weighted by Gasteiger charge is -2.08. The number of halogens is 2. The van der Waals surface area contributed by atoms with E-state index < -0.39 is 0 Å². The molecule has 5 aromatic heterocycles. The highest BCUT2D eigenvalue weighted by Crippen LogP contribution is 2.25. The third kappa shape index (κ3) is 11.5. The van der Waals surface area contributed by atoms with Crippen molar-refractivity contribution < 1.29 is 14.2 Å². The van der Waals surface area contributed by atoms with Crippen LogP contribution in [0.2, 0.25) is 0 Å². The zero-order chi connectivity index (χ0) is 39.2. The summed E-state index contributed by atoms with van der Waals surface area (Å²) in [7, 11) is 1.67. The maximum absolute atomic E-state index is 5.81. The number of H-pyrrole nitrogens is 2. The zero-order valence-corrected chi connectivity index (χ0v) is 34.5. The van der Waals surface area contributed by atoms with Gasteiger partial charge in [-0.25, -0.2) is 24.9 Å². The number of hydrogen-bond donors (Lipinski definition) is 4.